The van der Waals surface area contributed by atoms with Gasteiger partial charge in [-0.3, -0.25) is 0 Å². The molecule has 0 saturated heterocycles. The minimum Gasteiger partial charge on any atom is -0.350 e. The van der Waals surface area contributed by atoms with E-state index in [2.05, 4.69) is 31.3 Å². The molecular weight excluding hydrogens is 178 g/mol. The topological polar surface area (TPSA) is 67.5 Å². The Kier molecular flexibility index (Phi) is 3.13. The molecule has 0 aliphatic heterocycles. The molecule has 0 aromatic rings. The van der Waals surface area contributed by atoms with Gasteiger partial charge in [-0.15, -0.1) is 0 Å². The first-order chi connectivity index (χ1) is 6.39. The zero-order valence-electron chi connectivity index (χ0n) is 9.13. The molecule has 0 aromatic carbocycles. The van der Waals surface area contributed by atoms with Crippen molar-refractivity contribution in [1.82, 2.24) is 5.43 Å². The zero-order chi connectivity index (χ0) is 10.8. The van der Waals surface area contributed by atoms with Gasteiger partial charge in [-0.05, 0) is 30.6 Å². The summed E-state index contributed by atoms with van der Waals surface area (Å²) in [7, 11) is 0. The number of nitrogens with zero attached hydrogens (tertiary/aromatic N) is 1. The minimum atomic E-state index is -0.589. The fourth-order valence-corrected chi connectivity index (χ4v) is 2.33. The fourth-order valence-electron chi connectivity index (χ4n) is 2.33. The minimum absolute atomic E-state index is 0.288. The molecular formula is C10H19N3O. The summed E-state index contributed by atoms with van der Waals surface area (Å²) in [6.07, 6.45) is 3.12. The first kappa shape index (κ1) is 11.0. The van der Waals surface area contributed by atoms with Crippen molar-refractivity contribution in [3.8, 4) is 0 Å². The predicted octanol–water partition coefficient (Wildman–Crippen LogP) is 1.86. The summed E-state index contributed by atoms with van der Waals surface area (Å²) >= 11 is 0. The number of amides is 2. The normalized spacial score (nSPS) is 28.8. The summed E-state index contributed by atoms with van der Waals surface area (Å²) in [5.74, 6) is 0.632. The first-order valence-electron chi connectivity index (χ1n) is 5.00. The third kappa shape index (κ3) is 3.36. The number of carbonyl (C=O) groups excluding carboxylic acids is 1. The SMILES string of the molecule is CC1C/C(=N/NC(N)=O)CC(C)(C)C1. The van der Waals surface area contributed by atoms with E-state index in [1.807, 2.05) is 0 Å². The van der Waals surface area contributed by atoms with Crippen molar-refractivity contribution in [2.45, 2.75) is 40.0 Å². The molecule has 2 amide bonds. The van der Waals surface area contributed by atoms with Gasteiger partial charge in [0.25, 0.3) is 0 Å². The number of hydrogen-bond donors (Lipinski definition) is 2. The Morgan fingerprint density at radius 3 is 2.79 bits per heavy atom. The number of hydrogen-bond acceptors (Lipinski definition) is 2. The Labute approximate surface area is 84.9 Å². The summed E-state index contributed by atoms with van der Waals surface area (Å²) in [4.78, 5) is 10.5. The van der Waals surface area contributed by atoms with Crippen LogP contribution < -0.4 is 11.2 Å². The quantitative estimate of drug-likeness (QED) is 0.619. The van der Waals surface area contributed by atoms with Crippen LogP contribution in [0.3, 0.4) is 0 Å². The maximum Gasteiger partial charge on any atom is 0.332 e. The van der Waals surface area contributed by atoms with Crippen LogP contribution in [0.4, 0.5) is 4.79 Å². The number of urea groups is 1. The highest BCUT2D eigenvalue weighted by Gasteiger charge is 2.29. The maximum atomic E-state index is 10.5. The average Bonchev–Trinajstić information content (AvgIpc) is 1.96. The average molecular weight is 197 g/mol. The largest absolute Gasteiger partial charge is 0.350 e. The third-order valence-corrected chi connectivity index (χ3v) is 2.49. The van der Waals surface area contributed by atoms with Crippen molar-refractivity contribution >= 4 is 11.7 Å². The smallest absolute Gasteiger partial charge is 0.332 e. The van der Waals surface area contributed by atoms with E-state index in [9.17, 15) is 4.79 Å². The molecule has 0 heterocycles. The van der Waals surface area contributed by atoms with Crippen molar-refractivity contribution in [3.05, 3.63) is 0 Å². The van der Waals surface area contributed by atoms with Gasteiger partial charge in [0, 0.05) is 5.71 Å². The van der Waals surface area contributed by atoms with E-state index in [0.29, 0.717) is 5.92 Å². The second-order valence-electron chi connectivity index (χ2n) is 5.01. The standard InChI is InChI=1S/C10H19N3O/c1-7-4-8(12-13-9(11)14)6-10(2,3)5-7/h7H,4-6H2,1-3H3,(H3,11,13,14)/b12-8-. The van der Waals surface area contributed by atoms with Gasteiger partial charge in [-0.25, -0.2) is 10.2 Å². The van der Waals surface area contributed by atoms with E-state index in [4.69, 9.17) is 5.73 Å². The Hall–Kier alpha value is -1.06. The first-order valence-corrected chi connectivity index (χ1v) is 5.00. The van der Waals surface area contributed by atoms with Gasteiger partial charge in [0.05, 0.1) is 0 Å². The summed E-state index contributed by atoms with van der Waals surface area (Å²) in [5, 5.41) is 4.02. The lowest BCUT2D eigenvalue weighted by atomic mass is 9.72. The van der Waals surface area contributed by atoms with Crippen LogP contribution in [0.5, 0.6) is 0 Å². The molecule has 0 spiro atoms. The number of nitrogens with one attached hydrogen (secondary N) is 1. The molecule has 4 heteroatoms. The highest BCUT2D eigenvalue weighted by molar-refractivity contribution is 5.87. The second kappa shape index (κ2) is 3.98. The van der Waals surface area contributed by atoms with E-state index < -0.39 is 6.03 Å². The van der Waals surface area contributed by atoms with Crippen LogP contribution in [-0.2, 0) is 0 Å². The lowest BCUT2D eigenvalue weighted by molar-refractivity contribution is 0.247. The molecule has 3 N–H and O–H groups in total. The van der Waals surface area contributed by atoms with Crippen LogP contribution in [0.25, 0.3) is 0 Å². The Morgan fingerprint density at radius 2 is 2.29 bits per heavy atom. The van der Waals surface area contributed by atoms with E-state index >= 15 is 0 Å². The predicted molar refractivity (Wildman–Crippen MR) is 57.0 cm³/mol. The number of rotatable bonds is 1. The van der Waals surface area contributed by atoms with Gasteiger partial charge < -0.3 is 5.73 Å². The Morgan fingerprint density at radius 1 is 1.64 bits per heavy atom. The molecule has 1 atom stereocenters. The molecule has 0 bridgehead atoms. The van der Waals surface area contributed by atoms with Crippen molar-refractivity contribution in [1.29, 1.82) is 0 Å². The van der Waals surface area contributed by atoms with Gasteiger partial charge in [-0.1, -0.05) is 20.8 Å². The van der Waals surface area contributed by atoms with Gasteiger partial charge in [-0.2, -0.15) is 5.10 Å². The van der Waals surface area contributed by atoms with Crippen LogP contribution in [0.15, 0.2) is 5.10 Å². The zero-order valence-corrected chi connectivity index (χ0v) is 9.13. The van der Waals surface area contributed by atoms with Crippen LogP contribution >= 0.6 is 0 Å². The van der Waals surface area contributed by atoms with Crippen LogP contribution in [-0.4, -0.2) is 11.7 Å². The van der Waals surface area contributed by atoms with E-state index in [-0.39, 0.29) is 5.41 Å². The highest BCUT2D eigenvalue weighted by Crippen LogP contribution is 2.36. The van der Waals surface area contributed by atoms with Crippen molar-refractivity contribution in [2.75, 3.05) is 0 Å². The second-order valence-corrected chi connectivity index (χ2v) is 5.01. The van der Waals surface area contributed by atoms with Gasteiger partial charge in [0.15, 0.2) is 0 Å². The summed E-state index contributed by atoms with van der Waals surface area (Å²) in [5.41, 5.74) is 8.59. The lowest BCUT2D eigenvalue weighted by Crippen LogP contribution is -2.31. The molecule has 4 nitrogen and oxygen atoms in total. The fraction of sp³-hybridized carbons (Fsp3) is 0.800. The summed E-state index contributed by atoms with van der Waals surface area (Å²) < 4.78 is 0. The summed E-state index contributed by atoms with van der Waals surface area (Å²) in [6, 6.07) is -0.589. The molecule has 1 aliphatic rings. The van der Waals surface area contributed by atoms with E-state index in [0.717, 1.165) is 18.6 Å². The maximum absolute atomic E-state index is 10.5. The van der Waals surface area contributed by atoms with Crippen molar-refractivity contribution < 1.29 is 4.79 Å². The molecule has 80 valence electrons. The number of carbonyl (C=O) groups is 1. The molecule has 1 aliphatic carbocycles. The molecule has 1 rings (SSSR count). The summed E-state index contributed by atoms with van der Waals surface area (Å²) in [6.45, 7) is 6.66. The molecule has 1 saturated carbocycles. The third-order valence-electron chi connectivity index (χ3n) is 2.49. The van der Waals surface area contributed by atoms with Crippen molar-refractivity contribution in [2.24, 2.45) is 22.2 Å². The number of primary amides is 1. The van der Waals surface area contributed by atoms with Crippen LogP contribution in [0, 0.1) is 11.3 Å². The highest BCUT2D eigenvalue weighted by atomic mass is 16.2. The Balaban J connectivity index is 2.62. The van der Waals surface area contributed by atoms with Crippen LogP contribution in [0.1, 0.15) is 40.0 Å². The monoisotopic (exact) mass is 197 g/mol. The van der Waals surface area contributed by atoms with Crippen LogP contribution in [0.2, 0.25) is 0 Å². The Bertz CT molecular complexity index is 258. The van der Waals surface area contributed by atoms with E-state index in [1.165, 1.54) is 6.42 Å². The molecule has 1 fully saturated rings. The van der Waals surface area contributed by atoms with Crippen molar-refractivity contribution in [3.63, 3.8) is 0 Å². The molecule has 14 heavy (non-hydrogen) atoms. The number of hydrazone groups is 1. The molecule has 1 unspecified atom stereocenters. The van der Waals surface area contributed by atoms with E-state index in [1.54, 1.807) is 0 Å². The van der Waals surface area contributed by atoms with Gasteiger partial charge in [0.1, 0.15) is 0 Å². The molecule has 0 aromatic heterocycles. The van der Waals surface area contributed by atoms with Gasteiger partial charge >= 0.3 is 6.03 Å². The van der Waals surface area contributed by atoms with Gasteiger partial charge in [0.2, 0.25) is 0 Å². The number of nitrogens with two attached hydrogens (primary N) is 1. The molecule has 0 radical (unpaired) electrons. The lowest BCUT2D eigenvalue weighted by Gasteiger charge is -2.34.